The van der Waals surface area contributed by atoms with Crippen molar-refractivity contribution in [3.8, 4) is 0 Å². The number of hydrogen-bond acceptors (Lipinski definition) is 4. The molecule has 1 atom stereocenters. The van der Waals surface area contributed by atoms with Crippen molar-refractivity contribution < 1.29 is 9.53 Å². The molecule has 2 heterocycles. The van der Waals surface area contributed by atoms with Crippen molar-refractivity contribution in [2.75, 3.05) is 49.6 Å². The Kier molecular flexibility index (Phi) is 6.54. The molecule has 154 valence electrons. The van der Waals surface area contributed by atoms with Gasteiger partial charge in [0.25, 0.3) is 0 Å². The van der Waals surface area contributed by atoms with Gasteiger partial charge >= 0.3 is 6.03 Å². The van der Waals surface area contributed by atoms with Crippen molar-refractivity contribution in [3.63, 3.8) is 0 Å². The maximum Gasteiger partial charge on any atom is 0.319 e. The molecule has 0 aromatic heterocycles. The molecule has 2 aliphatic rings. The third-order valence-electron chi connectivity index (χ3n) is 5.42. The number of morpholine rings is 1. The van der Waals surface area contributed by atoms with Crippen LogP contribution in [0.1, 0.15) is 12.0 Å². The molecule has 1 unspecified atom stereocenters. The van der Waals surface area contributed by atoms with Gasteiger partial charge in [-0.3, -0.25) is 4.90 Å². The number of hydrogen-bond donors (Lipinski definition) is 2. The quantitative estimate of drug-likeness (QED) is 0.785. The predicted octanol–water partition coefficient (Wildman–Crippen LogP) is 3.57. The summed E-state index contributed by atoms with van der Waals surface area (Å²) in [6.07, 6.45) is 0.951. The Bertz CT molecular complexity index is 827. The van der Waals surface area contributed by atoms with Crippen LogP contribution in [0.5, 0.6) is 0 Å². The van der Waals surface area contributed by atoms with Crippen LogP contribution in [-0.4, -0.2) is 56.4 Å². The number of halogens is 1. The fraction of sp³-hybridized carbons (Fsp3) is 0.409. The molecule has 0 saturated carbocycles. The Labute approximate surface area is 176 Å². The highest BCUT2D eigenvalue weighted by Gasteiger charge is 2.24. The highest BCUT2D eigenvalue weighted by Crippen LogP contribution is 2.30. The van der Waals surface area contributed by atoms with Crippen LogP contribution < -0.4 is 15.5 Å². The van der Waals surface area contributed by atoms with E-state index in [0.717, 1.165) is 50.5 Å². The largest absolute Gasteiger partial charge is 0.378 e. The standard InChI is InChI=1S/C22H27ClN4O2/c23-18-6-7-21(27-10-12-29-13-11-27)20(14-18)25-22(28)24-19-8-9-26(16-19)15-17-4-2-1-3-5-17/h1-7,14,19H,8-13,15-16H2,(H2,24,25,28). The number of carbonyl (C=O) groups is 1. The summed E-state index contributed by atoms with van der Waals surface area (Å²) in [4.78, 5) is 17.2. The van der Waals surface area contributed by atoms with Crippen molar-refractivity contribution in [2.24, 2.45) is 0 Å². The number of likely N-dealkylation sites (tertiary alicyclic amines) is 1. The van der Waals surface area contributed by atoms with E-state index in [2.05, 4.69) is 44.7 Å². The smallest absolute Gasteiger partial charge is 0.319 e. The molecular formula is C22H27ClN4O2. The summed E-state index contributed by atoms with van der Waals surface area (Å²) in [6, 6.07) is 16.0. The number of nitrogens with one attached hydrogen (secondary N) is 2. The maximum absolute atomic E-state index is 12.7. The van der Waals surface area contributed by atoms with Crippen molar-refractivity contribution in [1.29, 1.82) is 0 Å². The van der Waals surface area contributed by atoms with E-state index in [1.807, 2.05) is 24.3 Å². The zero-order valence-electron chi connectivity index (χ0n) is 16.4. The van der Waals surface area contributed by atoms with E-state index in [1.165, 1.54) is 5.56 Å². The lowest BCUT2D eigenvalue weighted by molar-refractivity contribution is 0.123. The van der Waals surface area contributed by atoms with Gasteiger partial charge < -0.3 is 20.3 Å². The molecule has 2 fully saturated rings. The zero-order valence-corrected chi connectivity index (χ0v) is 17.2. The van der Waals surface area contributed by atoms with E-state index in [1.54, 1.807) is 0 Å². The maximum atomic E-state index is 12.7. The molecule has 29 heavy (non-hydrogen) atoms. The van der Waals surface area contributed by atoms with Crippen LogP contribution in [0, 0.1) is 0 Å². The SMILES string of the molecule is O=C(Nc1cc(Cl)ccc1N1CCOCC1)NC1CCN(Cc2ccccc2)C1. The average molecular weight is 415 g/mol. The van der Waals surface area contributed by atoms with Gasteiger partial charge in [-0.05, 0) is 30.2 Å². The Morgan fingerprint density at radius 3 is 2.69 bits per heavy atom. The second-order valence-corrected chi connectivity index (χ2v) is 8.00. The van der Waals surface area contributed by atoms with Gasteiger partial charge in [-0.1, -0.05) is 41.9 Å². The molecule has 2 amide bonds. The molecule has 0 bridgehead atoms. The molecule has 7 heteroatoms. The van der Waals surface area contributed by atoms with Gasteiger partial charge in [0.2, 0.25) is 0 Å². The molecule has 2 aromatic carbocycles. The number of carbonyl (C=O) groups excluding carboxylic acids is 1. The van der Waals surface area contributed by atoms with Gasteiger partial charge in [0, 0.05) is 43.8 Å². The molecule has 0 spiro atoms. The van der Waals surface area contributed by atoms with Gasteiger partial charge in [-0.2, -0.15) is 0 Å². The summed E-state index contributed by atoms with van der Waals surface area (Å²) in [7, 11) is 0. The lowest BCUT2D eigenvalue weighted by Gasteiger charge is -2.30. The molecule has 6 nitrogen and oxygen atoms in total. The molecule has 2 aliphatic heterocycles. The Hall–Kier alpha value is -2.28. The molecule has 0 aliphatic carbocycles. The summed E-state index contributed by atoms with van der Waals surface area (Å²) in [5.41, 5.74) is 3.01. The van der Waals surface area contributed by atoms with Crippen LogP contribution in [0.15, 0.2) is 48.5 Å². The lowest BCUT2D eigenvalue weighted by atomic mass is 10.2. The van der Waals surface area contributed by atoms with Crippen LogP contribution in [0.25, 0.3) is 0 Å². The highest BCUT2D eigenvalue weighted by atomic mass is 35.5. The number of nitrogens with zero attached hydrogens (tertiary/aromatic N) is 2. The third kappa shape index (κ3) is 5.41. The first-order chi connectivity index (χ1) is 14.2. The van der Waals surface area contributed by atoms with Gasteiger partial charge in [0.05, 0.1) is 24.6 Å². The minimum Gasteiger partial charge on any atom is -0.378 e. The first-order valence-corrected chi connectivity index (χ1v) is 10.5. The fourth-order valence-electron chi connectivity index (χ4n) is 3.97. The van der Waals surface area contributed by atoms with E-state index in [9.17, 15) is 4.79 Å². The molecule has 4 rings (SSSR count). The van der Waals surface area contributed by atoms with E-state index in [4.69, 9.17) is 16.3 Å². The highest BCUT2D eigenvalue weighted by molar-refractivity contribution is 6.31. The van der Waals surface area contributed by atoms with Crippen molar-refractivity contribution in [1.82, 2.24) is 10.2 Å². The Balaban J connectivity index is 1.33. The van der Waals surface area contributed by atoms with Gasteiger partial charge in [-0.25, -0.2) is 4.79 Å². The average Bonchev–Trinajstić information content (AvgIpc) is 3.16. The minimum absolute atomic E-state index is 0.143. The van der Waals surface area contributed by atoms with E-state index >= 15 is 0 Å². The first-order valence-electron chi connectivity index (χ1n) is 10.1. The van der Waals surface area contributed by atoms with Crippen LogP contribution in [0.2, 0.25) is 5.02 Å². The summed E-state index contributed by atoms with van der Waals surface area (Å²) in [5, 5.41) is 6.72. The third-order valence-corrected chi connectivity index (χ3v) is 5.65. The van der Waals surface area contributed by atoms with Crippen molar-refractivity contribution >= 4 is 29.0 Å². The summed E-state index contributed by atoms with van der Waals surface area (Å²) >= 11 is 6.18. The minimum atomic E-state index is -0.187. The van der Waals surface area contributed by atoms with E-state index in [-0.39, 0.29) is 12.1 Å². The predicted molar refractivity (Wildman–Crippen MR) is 117 cm³/mol. The van der Waals surface area contributed by atoms with Gasteiger partial charge in [-0.15, -0.1) is 0 Å². The number of urea groups is 1. The van der Waals surface area contributed by atoms with Crippen molar-refractivity contribution in [2.45, 2.75) is 19.0 Å². The van der Waals surface area contributed by atoms with Crippen LogP contribution in [0.4, 0.5) is 16.2 Å². The first kappa shape index (κ1) is 20.0. The summed E-state index contributed by atoms with van der Waals surface area (Å²) in [5.74, 6) is 0. The number of amides is 2. The molecule has 2 aromatic rings. The normalized spacial score (nSPS) is 19.9. The van der Waals surface area contributed by atoms with Gasteiger partial charge in [0.1, 0.15) is 0 Å². The second kappa shape index (κ2) is 9.48. The second-order valence-electron chi connectivity index (χ2n) is 7.57. The number of anilines is 2. The monoisotopic (exact) mass is 414 g/mol. The summed E-state index contributed by atoms with van der Waals surface area (Å²) < 4.78 is 5.44. The lowest BCUT2D eigenvalue weighted by Crippen LogP contribution is -2.40. The Morgan fingerprint density at radius 1 is 1.10 bits per heavy atom. The number of benzene rings is 2. The topological polar surface area (TPSA) is 56.8 Å². The molecule has 2 N–H and O–H groups in total. The number of rotatable bonds is 5. The van der Waals surface area contributed by atoms with Crippen LogP contribution in [0.3, 0.4) is 0 Å². The fourth-order valence-corrected chi connectivity index (χ4v) is 4.14. The van der Waals surface area contributed by atoms with Crippen LogP contribution in [-0.2, 0) is 11.3 Å². The van der Waals surface area contributed by atoms with Crippen LogP contribution >= 0.6 is 11.6 Å². The zero-order chi connectivity index (χ0) is 20.1. The summed E-state index contributed by atoms with van der Waals surface area (Å²) in [6.45, 7) is 5.73. The molecular weight excluding hydrogens is 388 g/mol. The molecule has 2 saturated heterocycles. The van der Waals surface area contributed by atoms with E-state index < -0.39 is 0 Å². The van der Waals surface area contributed by atoms with Gasteiger partial charge in [0.15, 0.2) is 0 Å². The molecule has 0 radical (unpaired) electrons. The van der Waals surface area contributed by atoms with E-state index in [0.29, 0.717) is 18.2 Å². The van der Waals surface area contributed by atoms with Crippen molar-refractivity contribution in [3.05, 3.63) is 59.1 Å². The Morgan fingerprint density at radius 2 is 1.90 bits per heavy atom. The number of ether oxygens (including phenoxy) is 1.